The average molecular weight is 287 g/mol. The fourth-order valence-corrected chi connectivity index (χ4v) is 2.80. The zero-order valence-corrected chi connectivity index (χ0v) is 12.2. The Hall–Kier alpha value is -2.63. The monoisotopic (exact) mass is 287 g/mol. The van der Waals surface area contributed by atoms with Gasteiger partial charge in [0.05, 0.1) is 11.6 Å². The van der Waals surface area contributed by atoms with E-state index in [1.807, 2.05) is 24.3 Å². The van der Waals surface area contributed by atoms with Crippen LogP contribution in [0, 0.1) is 11.3 Å². The lowest BCUT2D eigenvalue weighted by molar-refractivity contribution is 1.48. The van der Waals surface area contributed by atoms with Crippen molar-refractivity contribution < 1.29 is 0 Å². The van der Waals surface area contributed by atoms with E-state index in [0.717, 1.165) is 5.56 Å². The number of nitrogens with zero attached hydrogens (tertiary/aromatic N) is 1. The molecular weight excluding hydrogens is 274 g/mol. The summed E-state index contributed by atoms with van der Waals surface area (Å²) in [4.78, 5) is 1.29. The molecule has 1 aromatic heterocycles. The fourth-order valence-electron chi connectivity index (χ4n) is 2.06. The van der Waals surface area contributed by atoms with Crippen LogP contribution in [0.3, 0.4) is 0 Å². The maximum Gasteiger partial charge on any atom is 0.0991 e. The predicted octanol–water partition coefficient (Wildman–Crippen LogP) is 5.46. The molecule has 2 aromatic carbocycles. The first-order chi connectivity index (χ1) is 10.3. The molecule has 100 valence electrons. The van der Waals surface area contributed by atoms with E-state index >= 15 is 0 Å². The van der Waals surface area contributed by atoms with E-state index in [1.54, 1.807) is 11.3 Å². The zero-order chi connectivity index (χ0) is 14.5. The van der Waals surface area contributed by atoms with Crippen LogP contribution in [0.5, 0.6) is 0 Å². The molecule has 0 spiro atoms. The standard InChI is InChI=1S/C19H13NS/c20-14-17-7-5-15(6-8-17)3-4-16-9-11-18(12-10-16)19-2-1-13-21-19/h1-13H. The minimum atomic E-state index is 0.687. The van der Waals surface area contributed by atoms with Crippen molar-refractivity contribution in [2.24, 2.45) is 0 Å². The third kappa shape index (κ3) is 3.28. The molecule has 0 saturated carbocycles. The largest absolute Gasteiger partial charge is 0.192 e. The first kappa shape index (κ1) is 13.4. The number of thiophene rings is 1. The summed E-state index contributed by atoms with van der Waals surface area (Å²) in [6.45, 7) is 0. The van der Waals surface area contributed by atoms with Crippen molar-refractivity contribution in [2.45, 2.75) is 0 Å². The molecule has 3 rings (SSSR count). The van der Waals surface area contributed by atoms with Crippen molar-refractivity contribution in [1.82, 2.24) is 0 Å². The smallest absolute Gasteiger partial charge is 0.0991 e. The summed E-state index contributed by atoms with van der Waals surface area (Å²) in [5.74, 6) is 0. The lowest BCUT2D eigenvalue weighted by Crippen LogP contribution is -1.76. The van der Waals surface area contributed by atoms with Crippen molar-refractivity contribution in [1.29, 1.82) is 5.26 Å². The number of hydrogen-bond donors (Lipinski definition) is 0. The van der Waals surface area contributed by atoms with Gasteiger partial charge in [0.2, 0.25) is 0 Å². The van der Waals surface area contributed by atoms with Crippen LogP contribution in [0.4, 0.5) is 0 Å². The minimum Gasteiger partial charge on any atom is -0.192 e. The van der Waals surface area contributed by atoms with E-state index < -0.39 is 0 Å². The van der Waals surface area contributed by atoms with Gasteiger partial charge in [-0.15, -0.1) is 11.3 Å². The summed E-state index contributed by atoms with van der Waals surface area (Å²) < 4.78 is 0. The van der Waals surface area contributed by atoms with Gasteiger partial charge in [0.25, 0.3) is 0 Å². The third-order valence-corrected chi connectivity index (χ3v) is 4.14. The Kier molecular flexibility index (Phi) is 3.95. The maximum atomic E-state index is 8.77. The molecule has 0 fully saturated rings. The second-order valence-electron chi connectivity index (χ2n) is 4.67. The number of hydrogen-bond acceptors (Lipinski definition) is 2. The van der Waals surface area contributed by atoms with Crippen LogP contribution in [0.2, 0.25) is 0 Å². The van der Waals surface area contributed by atoms with Gasteiger partial charge in [-0.3, -0.25) is 0 Å². The van der Waals surface area contributed by atoms with Crippen molar-refractivity contribution in [3.8, 4) is 16.5 Å². The molecular formula is C19H13NS. The highest BCUT2D eigenvalue weighted by Crippen LogP contribution is 2.25. The molecule has 0 aliphatic rings. The molecule has 2 heteroatoms. The molecule has 1 nitrogen and oxygen atoms in total. The Morgan fingerprint density at radius 3 is 1.95 bits per heavy atom. The van der Waals surface area contributed by atoms with E-state index in [0.29, 0.717) is 5.56 Å². The van der Waals surface area contributed by atoms with Crippen LogP contribution in [0.15, 0.2) is 66.0 Å². The Morgan fingerprint density at radius 1 is 0.810 bits per heavy atom. The summed E-state index contributed by atoms with van der Waals surface area (Å²) in [5.41, 5.74) is 4.20. The zero-order valence-electron chi connectivity index (χ0n) is 11.4. The molecule has 0 N–H and O–H groups in total. The van der Waals surface area contributed by atoms with Crippen LogP contribution < -0.4 is 0 Å². The predicted molar refractivity (Wildman–Crippen MR) is 89.8 cm³/mol. The number of rotatable bonds is 3. The van der Waals surface area contributed by atoms with Crippen LogP contribution in [-0.4, -0.2) is 0 Å². The Balaban J connectivity index is 1.75. The molecule has 0 aliphatic heterocycles. The highest BCUT2D eigenvalue weighted by Gasteiger charge is 1.97. The summed E-state index contributed by atoms with van der Waals surface area (Å²) in [6, 6.07) is 22.4. The van der Waals surface area contributed by atoms with E-state index in [9.17, 15) is 0 Å². The molecule has 0 atom stereocenters. The first-order valence-corrected chi connectivity index (χ1v) is 7.55. The summed E-state index contributed by atoms with van der Waals surface area (Å²) in [6.07, 6.45) is 4.14. The quantitative estimate of drug-likeness (QED) is 0.587. The number of benzene rings is 2. The van der Waals surface area contributed by atoms with Crippen molar-refractivity contribution in [3.05, 3.63) is 82.7 Å². The van der Waals surface area contributed by atoms with E-state index in [1.165, 1.54) is 16.0 Å². The maximum absolute atomic E-state index is 8.77. The first-order valence-electron chi connectivity index (χ1n) is 6.67. The normalized spacial score (nSPS) is 10.6. The van der Waals surface area contributed by atoms with Gasteiger partial charge >= 0.3 is 0 Å². The lowest BCUT2D eigenvalue weighted by atomic mass is 10.1. The minimum absolute atomic E-state index is 0.687. The van der Waals surface area contributed by atoms with Gasteiger partial charge in [0.1, 0.15) is 0 Å². The van der Waals surface area contributed by atoms with Crippen LogP contribution >= 0.6 is 11.3 Å². The molecule has 1 heterocycles. The van der Waals surface area contributed by atoms with Crippen LogP contribution in [-0.2, 0) is 0 Å². The molecule has 0 unspecified atom stereocenters. The average Bonchev–Trinajstić information content (AvgIpc) is 3.08. The fraction of sp³-hybridized carbons (Fsp3) is 0. The highest BCUT2D eigenvalue weighted by molar-refractivity contribution is 7.13. The van der Waals surface area contributed by atoms with Crippen molar-refractivity contribution in [3.63, 3.8) is 0 Å². The summed E-state index contributed by atoms with van der Waals surface area (Å²) >= 11 is 1.75. The van der Waals surface area contributed by atoms with Gasteiger partial charge < -0.3 is 0 Å². The van der Waals surface area contributed by atoms with Gasteiger partial charge in [0.15, 0.2) is 0 Å². The Morgan fingerprint density at radius 2 is 1.43 bits per heavy atom. The van der Waals surface area contributed by atoms with Crippen molar-refractivity contribution in [2.75, 3.05) is 0 Å². The Bertz CT molecular complexity index is 773. The van der Waals surface area contributed by atoms with Gasteiger partial charge in [-0.25, -0.2) is 0 Å². The molecule has 0 bridgehead atoms. The van der Waals surface area contributed by atoms with Gasteiger partial charge in [-0.1, -0.05) is 54.6 Å². The van der Waals surface area contributed by atoms with Crippen molar-refractivity contribution >= 4 is 23.5 Å². The topological polar surface area (TPSA) is 23.8 Å². The Labute approximate surface area is 128 Å². The van der Waals surface area contributed by atoms with E-state index in [4.69, 9.17) is 5.26 Å². The van der Waals surface area contributed by atoms with E-state index in [-0.39, 0.29) is 0 Å². The van der Waals surface area contributed by atoms with Crippen LogP contribution in [0.1, 0.15) is 16.7 Å². The molecule has 3 aromatic rings. The van der Waals surface area contributed by atoms with Gasteiger partial charge in [0, 0.05) is 4.88 Å². The highest BCUT2D eigenvalue weighted by atomic mass is 32.1. The molecule has 0 saturated heterocycles. The molecule has 0 radical (unpaired) electrons. The third-order valence-electron chi connectivity index (χ3n) is 3.22. The van der Waals surface area contributed by atoms with Gasteiger partial charge in [-0.05, 0) is 40.3 Å². The molecule has 0 amide bonds. The lowest BCUT2D eigenvalue weighted by Gasteiger charge is -1.99. The summed E-state index contributed by atoms with van der Waals surface area (Å²) in [5, 5.41) is 10.9. The van der Waals surface area contributed by atoms with Gasteiger partial charge in [-0.2, -0.15) is 5.26 Å². The second kappa shape index (κ2) is 6.21. The van der Waals surface area contributed by atoms with Crippen LogP contribution in [0.25, 0.3) is 22.6 Å². The SMILES string of the molecule is N#Cc1ccc(C=Cc2ccc(-c3cccs3)cc2)cc1. The second-order valence-corrected chi connectivity index (χ2v) is 5.61. The van der Waals surface area contributed by atoms with E-state index in [2.05, 4.69) is 60.0 Å². The number of nitriles is 1. The molecule has 0 aliphatic carbocycles. The molecule has 21 heavy (non-hydrogen) atoms. The summed E-state index contributed by atoms with van der Waals surface area (Å²) in [7, 11) is 0.